The Morgan fingerprint density at radius 1 is 1.12 bits per heavy atom. The Morgan fingerprint density at radius 3 is 1.12 bits per heavy atom. The van der Waals surface area contributed by atoms with Gasteiger partial charge in [0.15, 0.2) is 0 Å². The molecular formula is C3H9F3GeSi. The average molecular weight is 203 g/mol. The number of rotatable bonds is 0. The summed E-state index contributed by atoms with van der Waals surface area (Å²) in [4.78, 5) is 0. The Labute approximate surface area is 56.1 Å². The number of hydrogen-bond donors (Lipinski definition) is 0. The van der Waals surface area contributed by atoms with Crippen molar-refractivity contribution in [1.29, 1.82) is 0 Å². The van der Waals surface area contributed by atoms with Crippen LogP contribution in [-0.4, -0.2) is 24.8 Å². The molecule has 0 amide bonds. The third-order valence-corrected chi connectivity index (χ3v) is 0. The van der Waals surface area contributed by atoms with Crippen LogP contribution in [0.1, 0.15) is 0 Å². The molecular weight excluding hydrogens is 194 g/mol. The zero-order valence-corrected chi connectivity index (χ0v) is 8.23. The molecule has 0 unspecified atom stereocenters. The van der Waals surface area contributed by atoms with Crippen LogP contribution in [0.5, 0.6) is 0 Å². The molecule has 50 valence electrons. The molecule has 0 aliphatic carbocycles. The van der Waals surface area contributed by atoms with Gasteiger partial charge in [0.1, 0.15) is 0 Å². The maximum absolute atomic E-state index is 11.8. The summed E-state index contributed by atoms with van der Waals surface area (Å²) in [5.74, 6) is 0. The first-order valence-electron chi connectivity index (χ1n) is 2.07. The van der Waals surface area contributed by atoms with Crippen LogP contribution in [-0.2, 0) is 0 Å². The van der Waals surface area contributed by atoms with E-state index in [1.807, 2.05) is 0 Å². The Kier molecular flexibility index (Phi) is 8.07. The molecule has 0 saturated carbocycles. The van der Waals surface area contributed by atoms with E-state index >= 15 is 0 Å². The second kappa shape index (κ2) is 5.68. The third-order valence-electron chi connectivity index (χ3n) is 0. The molecule has 0 spiro atoms. The van der Waals surface area contributed by atoms with Gasteiger partial charge in [-0.25, -0.2) is 0 Å². The summed E-state index contributed by atoms with van der Waals surface area (Å²) in [5.41, 5.74) is 0. The summed E-state index contributed by atoms with van der Waals surface area (Å²) in [6.07, 6.45) is 0. The molecule has 0 atom stereocenters. The number of halogens is 3. The molecule has 0 aliphatic rings. The number of hydrogen-bond acceptors (Lipinski definition) is 0. The second-order valence-corrected chi connectivity index (χ2v) is 6.57. The normalized spacial score (nSPS) is 9.75. The maximum atomic E-state index is 11.8. The second-order valence-electron chi connectivity index (χ2n) is 2.14. The zero-order chi connectivity index (χ0) is 7.21. The molecule has 0 N–H and O–H groups in total. The van der Waals surface area contributed by atoms with Gasteiger partial charge < -0.3 is 4.11 Å². The Morgan fingerprint density at radius 2 is 1.12 bits per heavy atom. The van der Waals surface area contributed by atoms with E-state index in [4.69, 9.17) is 0 Å². The molecule has 0 fully saturated rings. The summed E-state index contributed by atoms with van der Waals surface area (Å²) in [5, 5.41) is 0. The molecule has 0 nitrogen and oxygen atoms in total. The Bertz CT molecular complexity index is 38.3. The standard InChI is InChI=1S/C3H9FSi.F2Ge/c1-5(2,3)4;1-3-2/h1-3H3;. The molecule has 5 heteroatoms. The minimum absolute atomic E-state index is 1.66. The summed E-state index contributed by atoms with van der Waals surface area (Å²) in [6.45, 7) is 4.98. The van der Waals surface area contributed by atoms with E-state index in [1.165, 1.54) is 0 Å². The van der Waals surface area contributed by atoms with Crippen LogP contribution in [0.4, 0.5) is 11.1 Å². The van der Waals surface area contributed by atoms with Gasteiger partial charge >= 0.3 is 23.4 Å². The molecule has 0 rings (SSSR count). The van der Waals surface area contributed by atoms with Crippen LogP contribution in [0.2, 0.25) is 19.6 Å². The van der Waals surface area contributed by atoms with Crippen LogP contribution in [0.15, 0.2) is 0 Å². The van der Waals surface area contributed by atoms with Gasteiger partial charge in [-0.1, -0.05) is 0 Å². The first-order valence-corrected chi connectivity index (χ1v) is 7.03. The van der Waals surface area contributed by atoms with Crippen LogP contribution in [0.3, 0.4) is 0 Å². The molecule has 0 aromatic rings. The predicted molar refractivity (Wildman–Crippen MR) is 32.4 cm³/mol. The molecule has 2 radical (unpaired) electrons. The van der Waals surface area contributed by atoms with Crippen LogP contribution >= 0.6 is 0 Å². The van der Waals surface area contributed by atoms with Crippen molar-refractivity contribution >= 4 is 24.8 Å². The van der Waals surface area contributed by atoms with Gasteiger partial charge in [0.25, 0.3) is 0 Å². The van der Waals surface area contributed by atoms with E-state index < -0.39 is 24.8 Å². The van der Waals surface area contributed by atoms with Crippen molar-refractivity contribution in [2.45, 2.75) is 19.6 Å². The molecule has 0 aromatic heterocycles. The van der Waals surface area contributed by atoms with Gasteiger partial charge in [-0.15, -0.1) is 0 Å². The topological polar surface area (TPSA) is 0 Å². The average Bonchev–Trinajstić information content (AvgIpc) is 1.27. The quantitative estimate of drug-likeness (QED) is 0.418. The fourth-order valence-corrected chi connectivity index (χ4v) is 0. The van der Waals surface area contributed by atoms with Gasteiger partial charge in [-0.3, -0.25) is 0 Å². The van der Waals surface area contributed by atoms with E-state index in [-0.39, 0.29) is 0 Å². The molecule has 8 heavy (non-hydrogen) atoms. The first-order chi connectivity index (χ1) is 3.41. The molecule has 0 bridgehead atoms. The predicted octanol–water partition coefficient (Wildman–Crippen LogP) is 2.25. The van der Waals surface area contributed by atoms with Crippen LogP contribution in [0, 0.1) is 0 Å². The molecule has 0 aliphatic heterocycles. The zero-order valence-electron chi connectivity index (χ0n) is 5.13. The van der Waals surface area contributed by atoms with Crippen molar-refractivity contribution in [2.75, 3.05) is 0 Å². The van der Waals surface area contributed by atoms with Crippen LogP contribution in [0.25, 0.3) is 0 Å². The van der Waals surface area contributed by atoms with Crippen molar-refractivity contribution in [3.05, 3.63) is 0 Å². The van der Waals surface area contributed by atoms with E-state index in [0.29, 0.717) is 0 Å². The monoisotopic (exact) mass is 204 g/mol. The molecule has 0 saturated heterocycles. The van der Waals surface area contributed by atoms with E-state index in [9.17, 15) is 11.1 Å². The summed E-state index contributed by atoms with van der Waals surface area (Å²) >= 11 is -2.50. The SMILES string of the molecule is C[Si](C)(C)F.[F][Ge][F]. The van der Waals surface area contributed by atoms with Crippen molar-refractivity contribution < 1.29 is 11.1 Å². The fourth-order valence-electron chi connectivity index (χ4n) is 0. The van der Waals surface area contributed by atoms with E-state index in [1.54, 1.807) is 19.6 Å². The van der Waals surface area contributed by atoms with Crippen molar-refractivity contribution in [3.8, 4) is 0 Å². The van der Waals surface area contributed by atoms with Gasteiger partial charge in [-0.2, -0.15) is 0 Å². The Balaban J connectivity index is 0. The van der Waals surface area contributed by atoms with Crippen molar-refractivity contribution in [1.82, 2.24) is 0 Å². The summed E-state index contributed by atoms with van der Waals surface area (Å²) in [7, 11) is -2.11. The summed E-state index contributed by atoms with van der Waals surface area (Å²) in [6, 6.07) is 0. The van der Waals surface area contributed by atoms with Gasteiger partial charge in [0.05, 0.1) is 0 Å². The van der Waals surface area contributed by atoms with Crippen molar-refractivity contribution in [2.24, 2.45) is 0 Å². The Hall–Kier alpha value is 0.550. The summed E-state index contributed by atoms with van der Waals surface area (Å²) < 4.78 is 31.3. The van der Waals surface area contributed by atoms with Gasteiger partial charge in [0, 0.05) is 0 Å². The molecule has 0 heterocycles. The van der Waals surface area contributed by atoms with Gasteiger partial charge in [-0.05, 0) is 19.6 Å². The van der Waals surface area contributed by atoms with E-state index in [0.717, 1.165) is 0 Å². The first kappa shape index (κ1) is 11.4. The van der Waals surface area contributed by atoms with Crippen molar-refractivity contribution in [3.63, 3.8) is 0 Å². The molecule has 0 aromatic carbocycles. The van der Waals surface area contributed by atoms with Gasteiger partial charge in [0.2, 0.25) is 8.41 Å². The fraction of sp³-hybridized carbons (Fsp3) is 1.00. The van der Waals surface area contributed by atoms with E-state index in [2.05, 4.69) is 0 Å². The van der Waals surface area contributed by atoms with Crippen LogP contribution < -0.4 is 0 Å². The third kappa shape index (κ3) is 668. The minimum atomic E-state index is -2.50.